The number of hydrogen-bond donors (Lipinski definition) is 0. The number of rotatable bonds is 3. The molecule has 2 aromatic rings. The number of esters is 1. The minimum Gasteiger partial charge on any atom is -0.435 e. The number of ether oxygens (including phenoxy) is 2. The first-order valence-corrected chi connectivity index (χ1v) is 6.01. The fourth-order valence-corrected chi connectivity index (χ4v) is 1.66. The Morgan fingerprint density at radius 3 is 2.72 bits per heavy atom. The molecule has 0 saturated heterocycles. The second kappa shape index (κ2) is 5.64. The summed E-state index contributed by atoms with van der Waals surface area (Å²) >= 11 is 3.31. The molecule has 1 aromatic carbocycles. The Hall–Kier alpha value is -1.88. The van der Waals surface area contributed by atoms with E-state index in [0.717, 1.165) is 4.47 Å². The summed E-state index contributed by atoms with van der Waals surface area (Å²) in [5, 5.41) is 0. The number of aromatic nitrogens is 1. The zero-order chi connectivity index (χ0) is 13.0. The number of benzene rings is 1. The van der Waals surface area contributed by atoms with Gasteiger partial charge in [-0.3, -0.25) is 4.79 Å². The molecule has 0 aliphatic heterocycles. The molecule has 1 aromatic heterocycles. The van der Waals surface area contributed by atoms with Crippen molar-refractivity contribution < 1.29 is 14.3 Å². The maximum absolute atomic E-state index is 11.0. The predicted molar refractivity (Wildman–Crippen MR) is 69.8 cm³/mol. The maximum atomic E-state index is 11.0. The minimum absolute atomic E-state index is 0.350. The number of hydrogen-bond acceptors (Lipinski definition) is 4. The third kappa shape index (κ3) is 3.30. The lowest BCUT2D eigenvalue weighted by Crippen LogP contribution is -2.03. The van der Waals surface area contributed by atoms with Crippen LogP contribution in [0, 0.1) is 0 Å². The molecule has 0 spiro atoms. The smallest absolute Gasteiger partial charge is 0.308 e. The Labute approximate surface area is 113 Å². The summed E-state index contributed by atoms with van der Waals surface area (Å²) in [5.41, 5.74) is 0. The Balaban J connectivity index is 2.29. The van der Waals surface area contributed by atoms with Gasteiger partial charge in [-0.05, 0) is 24.3 Å². The Kier molecular flexibility index (Phi) is 3.94. The van der Waals surface area contributed by atoms with Crippen LogP contribution < -0.4 is 9.47 Å². The van der Waals surface area contributed by atoms with E-state index in [-0.39, 0.29) is 0 Å². The van der Waals surface area contributed by atoms with Gasteiger partial charge in [-0.15, -0.1) is 0 Å². The quantitative estimate of drug-likeness (QED) is 0.642. The van der Waals surface area contributed by atoms with E-state index < -0.39 is 5.97 Å². The second-order valence-electron chi connectivity index (χ2n) is 3.45. The summed E-state index contributed by atoms with van der Waals surface area (Å²) in [6, 6.07) is 10.5. The molecule has 0 amide bonds. The van der Waals surface area contributed by atoms with Crippen molar-refractivity contribution >= 4 is 21.9 Å². The lowest BCUT2D eigenvalue weighted by Gasteiger charge is -2.10. The Morgan fingerprint density at radius 1 is 1.22 bits per heavy atom. The van der Waals surface area contributed by atoms with E-state index in [2.05, 4.69) is 20.9 Å². The molecule has 92 valence electrons. The monoisotopic (exact) mass is 307 g/mol. The van der Waals surface area contributed by atoms with Gasteiger partial charge in [-0.1, -0.05) is 22.0 Å². The van der Waals surface area contributed by atoms with Crippen LogP contribution in [0.3, 0.4) is 0 Å². The van der Waals surface area contributed by atoms with Crippen LogP contribution in [0.25, 0.3) is 0 Å². The first-order valence-electron chi connectivity index (χ1n) is 5.22. The van der Waals surface area contributed by atoms with Crippen LogP contribution in [-0.2, 0) is 4.79 Å². The highest BCUT2D eigenvalue weighted by atomic mass is 79.9. The molecule has 0 saturated carbocycles. The zero-order valence-corrected chi connectivity index (χ0v) is 11.2. The van der Waals surface area contributed by atoms with Crippen molar-refractivity contribution in [2.24, 2.45) is 0 Å². The molecule has 0 N–H and O–H groups in total. The molecule has 0 unspecified atom stereocenters. The van der Waals surface area contributed by atoms with Gasteiger partial charge >= 0.3 is 5.97 Å². The van der Waals surface area contributed by atoms with Crippen molar-refractivity contribution in [3.8, 4) is 17.4 Å². The number of halogens is 1. The molecule has 0 bridgehead atoms. The molecule has 5 heteroatoms. The number of carbonyl (C=O) groups excluding carboxylic acids is 1. The normalized spacial score (nSPS) is 9.89. The largest absolute Gasteiger partial charge is 0.435 e. The van der Waals surface area contributed by atoms with E-state index in [4.69, 9.17) is 9.47 Å². The zero-order valence-electron chi connectivity index (χ0n) is 9.59. The highest BCUT2D eigenvalue weighted by molar-refractivity contribution is 9.10. The van der Waals surface area contributed by atoms with E-state index >= 15 is 0 Å². The fraction of sp³-hybridized carbons (Fsp3) is 0.0769. The van der Waals surface area contributed by atoms with Gasteiger partial charge in [0.2, 0.25) is 5.88 Å². The second-order valence-corrected chi connectivity index (χ2v) is 4.37. The molecule has 18 heavy (non-hydrogen) atoms. The first-order chi connectivity index (χ1) is 8.65. The molecule has 0 atom stereocenters. The number of nitrogens with zero attached hydrogens (tertiary/aromatic N) is 1. The summed E-state index contributed by atoms with van der Waals surface area (Å²) in [4.78, 5) is 15.1. The fourth-order valence-electron chi connectivity index (χ4n) is 1.32. The lowest BCUT2D eigenvalue weighted by atomic mass is 10.3. The van der Waals surface area contributed by atoms with Crippen LogP contribution in [0.2, 0.25) is 0 Å². The van der Waals surface area contributed by atoms with Gasteiger partial charge in [0, 0.05) is 23.7 Å². The van der Waals surface area contributed by atoms with Gasteiger partial charge in [0.1, 0.15) is 0 Å². The van der Waals surface area contributed by atoms with Crippen molar-refractivity contribution in [1.82, 2.24) is 4.98 Å². The van der Waals surface area contributed by atoms with Gasteiger partial charge in [0.05, 0.1) is 0 Å². The van der Waals surface area contributed by atoms with Crippen LogP contribution in [0.5, 0.6) is 17.4 Å². The van der Waals surface area contributed by atoms with Crippen LogP contribution in [0.1, 0.15) is 6.92 Å². The van der Waals surface area contributed by atoms with Crippen LogP contribution in [-0.4, -0.2) is 11.0 Å². The van der Waals surface area contributed by atoms with Gasteiger partial charge in [-0.25, -0.2) is 4.98 Å². The average molecular weight is 308 g/mol. The minimum atomic E-state index is -0.404. The van der Waals surface area contributed by atoms with Gasteiger partial charge in [0.15, 0.2) is 11.5 Å². The van der Waals surface area contributed by atoms with Crippen molar-refractivity contribution in [2.45, 2.75) is 6.92 Å². The van der Waals surface area contributed by atoms with E-state index in [1.165, 1.54) is 6.92 Å². The van der Waals surface area contributed by atoms with Crippen LogP contribution in [0.15, 0.2) is 47.1 Å². The van der Waals surface area contributed by atoms with Crippen LogP contribution in [0.4, 0.5) is 0 Å². The van der Waals surface area contributed by atoms with Gasteiger partial charge in [-0.2, -0.15) is 0 Å². The first kappa shape index (κ1) is 12.6. The average Bonchev–Trinajstić information content (AvgIpc) is 2.33. The molecular weight excluding hydrogens is 298 g/mol. The van der Waals surface area contributed by atoms with E-state index in [0.29, 0.717) is 17.4 Å². The molecule has 0 aliphatic carbocycles. The lowest BCUT2D eigenvalue weighted by molar-refractivity contribution is -0.132. The van der Waals surface area contributed by atoms with Crippen molar-refractivity contribution in [3.05, 3.63) is 47.1 Å². The molecule has 2 rings (SSSR count). The maximum Gasteiger partial charge on any atom is 0.308 e. The molecule has 0 fully saturated rings. The van der Waals surface area contributed by atoms with Gasteiger partial charge in [0.25, 0.3) is 0 Å². The standard InChI is InChI=1S/C13H10BrNO3/c1-9(16)17-12-8-10(14)5-6-11(12)18-13-4-2-3-7-15-13/h2-8H,1H3. The summed E-state index contributed by atoms with van der Waals surface area (Å²) < 4.78 is 11.4. The third-order valence-electron chi connectivity index (χ3n) is 2.01. The highest BCUT2D eigenvalue weighted by Crippen LogP contribution is 2.33. The molecule has 4 nitrogen and oxygen atoms in total. The number of pyridine rings is 1. The summed E-state index contributed by atoms with van der Waals surface area (Å²) in [6.45, 7) is 1.34. The van der Waals surface area contributed by atoms with E-state index in [9.17, 15) is 4.79 Å². The highest BCUT2D eigenvalue weighted by Gasteiger charge is 2.09. The topological polar surface area (TPSA) is 48.4 Å². The number of carbonyl (C=O) groups is 1. The van der Waals surface area contributed by atoms with Gasteiger partial charge < -0.3 is 9.47 Å². The predicted octanol–water partition coefficient (Wildman–Crippen LogP) is 3.56. The van der Waals surface area contributed by atoms with E-state index in [1.807, 2.05) is 6.07 Å². The summed E-state index contributed by atoms with van der Waals surface area (Å²) in [6.07, 6.45) is 1.62. The Morgan fingerprint density at radius 2 is 2.06 bits per heavy atom. The molecular formula is C13H10BrNO3. The molecule has 0 aliphatic rings. The van der Waals surface area contributed by atoms with Crippen molar-refractivity contribution in [1.29, 1.82) is 0 Å². The Bertz CT molecular complexity index is 557. The van der Waals surface area contributed by atoms with Crippen molar-refractivity contribution in [2.75, 3.05) is 0 Å². The third-order valence-corrected chi connectivity index (χ3v) is 2.50. The summed E-state index contributed by atoms with van der Waals surface area (Å²) in [7, 11) is 0. The molecule has 1 heterocycles. The molecule has 0 radical (unpaired) electrons. The summed E-state index contributed by atoms with van der Waals surface area (Å²) in [5.74, 6) is 0.821. The van der Waals surface area contributed by atoms with E-state index in [1.54, 1.807) is 36.5 Å². The van der Waals surface area contributed by atoms with Crippen molar-refractivity contribution in [3.63, 3.8) is 0 Å². The van der Waals surface area contributed by atoms with Crippen LogP contribution >= 0.6 is 15.9 Å². The SMILES string of the molecule is CC(=O)Oc1cc(Br)ccc1Oc1ccccn1.